The number of alkyl carbamates (subject to hydrolysis) is 1. The molecule has 0 saturated heterocycles. The molecule has 1 aliphatic rings. The third kappa shape index (κ3) is 4.63. The van der Waals surface area contributed by atoms with Gasteiger partial charge in [-0.1, -0.05) is 26.7 Å². The maximum absolute atomic E-state index is 11.5. The number of nitrogens with one attached hydrogen (secondary N) is 1. The van der Waals surface area contributed by atoms with Crippen molar-refractivity contribution in [3.05, 3.63) is 0 Å². The van der Waals surface area contributed by atoms with E-state index >= 15 is 0 Å². The Labute approximate surface area is 102 Å². The SMILES string of the molecule is CC(C)COC(=O)NC1CCCCC1C(=O)O. The van der Waals surface area contributed by atoms with E-state index in [1.807, 2.05) is 13.8 Å². The first kappa shape index (κ1) is 13.8. The van der Waals surface area contributed by atoms with E-state index in [4.69, 9.17) is 9.84 Å². The number of ether oxygens (including phenoxy) is 1. The lowest BCUT2D eigenvalue weighted by Gasteiger charge is -2.28. The van der Waals surface area contributed by atoms with Gasteiger partial charge in [0.2, 0.25) is 0 Å². The number of carboxylic acids is 1. The number of rotatable bonds is 4. The molecule has 98 valence electrons. The highest BCUT2D eigenvalue weighted by atomic mass is 16.5. The molecular weight excluding hydrogens is 222 g/mol. The summed E-state index contributed by atoms with van der Waals surface area (Å²) in [4.78, 5) is 22.5. The number of aliphatic carboxylic acids is 1. The molecule has 1 rings (SSSR count). The molecule has 2 N–H and O–H groups in total. The number of carbonyl (C=O) groups is 2. The number of hydrogen-bond donors (Lipinski definition) is 2. The Morgan fingerprint density at radius 1 is 1.35 bits per heavy atom. The minimum absolute atomic E-state index is 0.280. The second-order valence-electron chi connectivity index (χ2n) is 4.97. The molecule has 0 aromatic rings. The number of amides is 1. The van der Waals surface area contributed by atoms with E-state index in [0.717, 1.165) is 12.8 Å². The van der Waals surface area contributed by atoms with Crippen LogP contribution in [0.5, 0.6) is 0 Å². The van der Waals surface area contributed by atoms with Crippen LogP contribution in [0.4, 0.5) is 4.79 Å². The molecule has 0 radical (unpaired) electrons. The van der Waals surface area contributed by atoms with Crippen molar-refractivity contribution in [3.63, 3.8) is 0 Å². The lowest BCUT2D eigenvalue weighted by molar-refractivity contribution is -0.143. The van der Waals surface area contributed by atoms with Crippen LogP contribution in [0.25, 0.3) is 0 Å². The summed E-state index contributed by atoms with van der Waals surface area (Å²) in [7, 11) is 0. The molecule has 1 saturated carbocycles. The Morgan fingerprint density at radius 3 is 2.59 bits per heavy atom. The predicted molar refractivity (Wildman–Crippen MR) is 62.7 cm³/mol. The van der Waals surface area contributed by atoms with E-state index < -0.39 is 18.0 Å². The van der Waals surface area contributed by atoms with Crippen molar-refractivity contribution in [2.24, 2.45) is 11.8 Å². The van der Waals surface area contributed by atoms with Gasteiger partial charge in [0.15, 0.2) is 0 Å². The van der Waals surface area contributed by atoms with Gasteiger partial charge in [-0.25, -0.2) is 4.79 Å². The van der Waals surface area contributed by atoms with Crippen LogP contribution in [0.15, 0.2) is 0 Å². The van der Waals surface area contributed by atoms with Crippen LogP contribution < -0.4 is 5.32 Å². The average molecular weight is 243 g/mol. The second kappa shape index (κ2) is 6.47. The molecule has 1 aliphatic carbocycles. The first-order chi connectivity index (χ1) is 8.00. The van der Waals surface area contributed by atoms with Crippen LogP contribution >= 0.6 is 0 Å². The summed E-state index contributed by atoms with van der Waals surface area (Å²) in [5.41, 5.74) is 0. The van der Waals surface area contributed by atoms with Crippen LogP contribution in [-0.2, 0) is 9.53 Å². The highest BCUT2D eigenvalue weighted by Crippen LogP contribution is 2.24. The summed E-state index contributed by atoms with van der Waals surface area (Å²) in [5.74, 6) is -1.03. The molecule has 2 unspecified atom stereocenters. The molecule has 17 heavy (non-hydrogen) atoms. The van der Waals surface area contributed by atoms with Crippen molar-refractivity contribution in [1.82, 2.24) is 5.32 Å². The number of hydrogen-bond acceptors (Lipinski definition) is 3. The maximum Gasteiger partial charge on any atom is 0.407 e. The van der Waals surface area contributed by atoms with Crippen LogP contribution in [0, 0.1) is 11.8 Å². The molecule has 0 aromatic carbocycles. The van der Waals surface area contributed by atoms with E-state index in [0.29, 0.717) is 19.4 Å². The molecule has 1 fully saturated rings. The second-order valence-corrected chi connectivity index (χ2v) is 4.97. The quantitative estimate of drug-likeness (QED) is 0.792. The standard InChI is InChI=1S/C12H21NO4/c1-8(2)7-17-12(16)13-10-6-4-3-5-9(10)11(14)15/h8-10H,3-7H2,1-2H3,(H,13,16)(H,14,15). The summed E-state index contributed by atoms with van der Waals surface area (Å²) in [5, 5.41) is 11.7. The molecule has 0 bridgehead atoms. The molecule has 5 heteroatoms. The van der Waals surface area contributed by atoms with Crippen molar-refractivity contribution in [2.45, 2.75) is 45.6 Å². The molecule has 5 nitrogen and oxygen atoms in total. The summed E-state index contributed by atoms with van der Waals surface area (Å²) >= 11 is 0. The molecule has 0 aliphatic heterocycles. The van der Waals surface area contributed by atoms with E-state index in [9.17, 15) is 9.59 Å². The molecule has 1 amide bonds. The van der Waals surface area contributed by atoms with Crippen LogP contribution in [0.1, 0.15) is 39.5 Å². The largest absolute Gasteiger partial charge is 0.481 e. The third-order valence-corrected chi connectivity index (χ3v) is 2.93. The lowest BCUT2D eigenvalue weighted by Crippen LogP contribution is -2.45. The first-order valence-electron chi connectivity index (χ1n) is 6.16. The van der Waals surface area contributed by atoms with Gasteiger partial charge in [-0.2, -0.15) is 0 Å². The van der Waals surface area contributed by atoms with Crippen LogP contribution in [0.3, 0.4) is 0 Å². The van der Waals surface area contributed by atoms with Gasteiger partial charge in [0, 0.05) is 6.04 Å². The molecule has 0 spiro atoms. The molecule has 0 heterocycles. The third-order valence-electron chi connectivity index (χ3n) is 2.93. The fourth-order valence-corrected chi connectivity index (χ4v) is 2.03. The predicted octanol–water partition coefficient (Wildman–Crippen LogP) is 2.01. The van der Waals surface area contributed by atoms with Crippen molar-refractivity contribution < 1.29 is 19.4 Å². The van der Waals surface area contributed by atoms with Crippen molar-refractivity contribution in [2.75, 3.05) is 6.61 Å². The van der Waals surface area contributed by atoms with Gasteiger partial charge in [0.05, 0.1) is 12.5 Å². The highest BCUT2D eigenvalue weighted by molar-refractivity contribution is 5.73. The minimum atomic E-state index is -0.834. The topological polar surface area (TPSA) is 75.6 Å². The number of carbonyl (C=O) groups excluding carboxylic acids is 1. The number of carboxylic acid groups (broad SMARTS) is 1. The summed E-state index contributed by atoms with van der Waals surface area (Å²) in [6, 6.07) is -0.291. The van der Waals surface area contributed by atoms with E-state index in [-0.39, 0.29) is 12.0 Å². The zero-order valence-corrected chi connectivity index (χ0v) is 10.4. The molecule has 2 atom stereocenters. The minimum Gasteiger partial charge on any atom is -0.481 e. The summed E-state index contributed by atoms with van der Waals surface area (Å²) < 4.78 is 4.99. The Bertz CT molecular complexity index is 278. The highest BCUT2D eigenvalue weighted by Gasteiger charge is 2.32. The van der Waals surface area contributed by atoms with Crippen molar-refractivity contribution >= 4 is 12.1 Å². The zero-order chi connectivity index (χ0) is 12.8. The fraction of sp³-hybridized carbons (Fsp3) is 0.833. The smallest absolute Gasteiger partial charge is 0.407 e. The monoisotopic (exact) mass is 243 g/mol. The van der Waals surface area contributed by atoms with Gasteiger partial charge >= 0.3 is 12.1 Å². The normalized spacial score (nSPS) is 24.4. The van der Waals surface area contributed by atoms with E-state index in [1.54, 1.807) is 0 Å². The Morgan fingerprint density at radius 2 is 2.00 bits per heavy atom. The van der Waals surface area contributed by atoms with Gasteiger partial charge in [-0.05, 0) is 18.8 Å². The Hall–Kier alpha value is -1.26. The maximum atomic E-state index is 11.5. The summed E-state index contributed by atoms with van der Waals surface area (Å²) in [6.07, 6.45) is 2.71. The van der Waals surface area contributed by atoms with Gasteiger partial charge in [0.25, 0.3) is 0 Å². The average Bonchev–Trinajstić information content (AvgIpc) is 2.27. The van der Waals surface area contributed by atoms with Crippen LogP contribution in [0.2, 0.25) is 0 Å². The summed E-state index contributed by atoms with van der Waals surface area (Å²) in [6.45, 7) is 4.26. The Kier molecular flexibility index (Phi) is 5.25. The molecule has 0 aromatic heterocycles. The first-order valence-corrected chi connectivity index (χ1v) is 6.16. The van der Waals surface area contributed by atoms with Crippen LogP contribution in [-0.4, -0.2) is 29.8 Å². The molecular formula is C12H21NO4. The van der Waals surface area contributed by atoms with E-state index in [2.05, 4.69) is 5.32 Å². The fourth-order valence-electron chi connectivity index (χ4n) is 2.03. The Balaban J connectivity index is 2.42. The van der Waals surface area contributed by atoms with E-state index in [1.165, 1.54) is 0 Å². The zero-order valence-electron chi connectivity index (χ0n) is 10.4. The lowest BCUT2D eigenvalue weighted by atomic mass is 9.85. The van der Waals surface area contributed by atoms with Gasteiger partial charge in [0.1, 0.15) is 0 Å². The van der Waals surface area contributed by atoms with Crippen molar-refractivity contribution in [3.8, 4) is 0 Å². The van der Waals surface area contributed by atoms with Gasteiger partial charge in [-0.15, -0.1) is 0 Å². The van der Waals surface area contributed by atoms with Gasteiger partial charge < -0.3 is 15.2 Å². The van der Waals surface area contributed by atoms with Crippen molar-refractivity contribution in [1.29, 1.82) is 0 Å². The van der Waals surface area contributed by atoms with Gasteiger partial charge in [-0.3, -0.25) is 4.79 Å².